The lowest BCUT2D eigenvalue weighted by atomic mass is 10.5. The van der Waals surface area contributed by atoms with Crippen LogP contribution in [0.15, 0.2) is 11.6 Å². The van der Waals surface area contributed by atoms with Crippen LogP contribution in [0.3, 0.4) is 0 Å². The fraction of sp³-hybridized carbons (Fsp3) is 0.333. The summed E-state index contributed by atoms with van der Waals surface area (Å²) in [4.78, 5) is 17.0. The molecule has 1 rings (SSSR count). The highest BCUT2D eigenvalue weighted by Gasteiger charge is 2.10. The van der Waals surface area contributed by atoms with E-state index in [9.17, 15) is 4.79 Å². The first kappa shape index (κ1) is 10.5. The van der Waals surface area contributed by atoms with Crippen molar-refractivity contribution < 1.29 is 4.79 Å². The van der Waals surface area contributed by atoms with Gasteiger partial charge in [-0.05, 0) is 6.92 Å². The second kappa shape index (κ2) is 5.25. The Labute approximate surface area is 87.0 Å². The molecule has 1 aromatic rings. The van der Waals surface area contributed by atoms with Crippen molar-refractivity contribution in [3.05, 3.63) is 11.6 Å². The molecule has 0 aliphatic carbocycles. The van der Waals surface area contributed by atoms with Crippen molar-refractivity contribution in [2.24, 2.45) is 0 Å². The molecule has 0 bridgehead atoms. The van der Waals surface area contributed by atoms with E-state index in [2.05, 4.69) is 16.2 Å². The standard InChI is InChI=1S/C9H11N3OS/c1-3-6-12(4-2)9(13)11-8-10-5-7-14-8/h1,5,7H,4,6H2,2H3,(H,10,11,13). The summed E-state index contributed by atoms with van der Waals surface area (Å²) in [6.07, 6.45) is 6.77. The number of rotatable bonds is 3. The van der Waals surface area contributed by atoms with E-state index in [0.717, 1.165) is 0 Å². The molecule has 2 amide bonds. The van der Waals surface area contributed by atoms with Crippen molar-refractivity contribution in [3.63, 3.8) is 0 Å². The highest BCUT2D eigenvalue weighted by atomic mass is 32.1. The summed E-state index contributed by atoms with van der Waals surface area (Å²) < 4.78 is 0. The first-order valence-corrected chi connectivity index (χ1v) is 5.04. The van der Waals surface area contributed by atoms with E-state index in [1.54, 1.807) is 11.6 Å². The summed E-state index contributed by atoms with van der Waals surface area (Å²) >= 11 is 1.38. The van der Waals surface area contributed by atoms with Gasteiger partial charge in [0.15, 0.2) is 5.13 Å². The number of carbonyl (C=O) groups excluding carboxylic acids is 1. The topological polar surface area (TPSA) is 45.2 Å². The Balaban J connectivity index is 2.52. The van der Waals surface area contributed by atoms with E-state index in [1.165, 1.54) is 16.2 Å². The van der Waals surface area contributed by atoms with Crippen LogP contribution in [0, 0.1) is 12.3 Å². The molecule has 0 saturated carbocycles. The number of anilines is 1. The van der Waals surface area contributed by atoms with E-state index < -0.39 is 0 Å². The average Bonchev–Trinajstić information content (AvgIpc) is 2.66. The Bertz CT molecular complexity index is 328. The summed E-state index contributed by atoms with van der Waals surface area (Å²) in [7, 11) is 0. The molecule has 0 radical (unpaired) electrons. The highest BCUT2D eigenvalue weighted by molar-refractivity contribution is 7.13. The molecule has 0 aliphatic rings. The van der Waals surface area contributed by atoms with Gasteiger partial charge in [-0.25, -0.2) is 9.78 Å². The zero-order chi connectivity index (χ0) is 10.4. The number of carbonyl (C=O) groups is 1. The maximum Gasteiger partial charge on any atom is 0.324 e. The quantitative estimate of drug-likeness (QED) is 0.769. The summed E-state index contributed by atoms with van der Waals surface area (Å²) in [5.41, 5.74) is 0. The molecule has 0 aromatic carbocycles. The lowest BCUT2D eigenvalue weighted by Gasteiger charge is -2.17. The number of aromatic nitrogens is 1. The lowest BCUT2D eigenvalue weighted by molar-refractivity contribution is 0.220. The lowest BCUT2D eigenvalue weighted by Crippen LogP contribution is -2.34. The Morgan fingerprint density at radius 3 is 3.14 bits per heavy atom. The monoisotopic (exact) mass is 209 g/mol. The van der Waals surface area contributed by atoms with Crippen molar-refractivity contribution in [1.82, 2.24) is 9.88 Å². The van der Waals surface area contributed by atoms with Crippen LogP contribution in [0.4, 0.5) is 9.93 Å². The molecular weight excluding hydrogens is 198 g/mol. The fourth-order valence-electron chi connectivity index (χ4n) is 0.893. The number of amides is 2. The van der Waals surface area contributed by atoms with Gasteiger partial charge < -0.3 is 4.90 Å². The Hall–Kier alpha value is -1.54. The molecule has 0 saturated heterocycles. The second-order valence-electron chi connectivity index (χ2n) is 2.49. The van der Waals surface area contributed by atoms with Gasteiger partial charge in [-0.15, -0.1) is 17.8 Å². The maximum atomic E-state index is 11.5. The first-order valence-electron chi connectivity index (χ1n) is 4.16. The van der Waals surface area contributed by atoms with E-state index in [4.69, 9.17) is 6.42 Å². The van der Waals surface area contributed by atoms with Gasteiger partial charge in [0.25, 0.3) is 0 Å². The fourth-order valence-corrected chi connectivity index (χ4v) is 1.41. The molecule has 4 nitrogen and oxygen atoms in total. The van der Waals surface area contributed by atoms with Crippen LogP contribution in [0.5, 0.6) is 0 Å². The number of hydrogen-bond acceptors (Lipinski definition) is 3. The molecule has 0 spiro atoms. The van der Waals surface area contributed by atoms with Gasteiger partial charge in [-0.3, -0.25) is 5.32 Å². The van der Waals surface area contributed by atoms with Gasteiger partial charge in [0.05, 0.1) is 6.54 Å². The third-order valence-corrected chi connectivity index (χ3v) is 2.29. The SMILES string of the molecule is C#CCN(CC)C(=O)Nc1nccs1. The predicted octanol–water partition coefficient (Wildman–Crippen LogP) is 1.63. The molecule has 0 aliphatic heterocycles. The van der Waals surface area contributed by atoms with Gasteiger partial charge in [-0.2, -0.15) is 0 Å². The molecule has 0 unspecified atom stereocenters. The molecular formula is C9H11N3OS. The summed E-state index contributed by atoms with van der Waals surface area (Å²) in [6.45, 7) is 2.77. The number of thiazole rings is 1. The Morgan fingerprint density at radius 2 is 2.64 bits per heavy atom. The van der Waals surface area contributed by atoms with Crippen LogP contribution < -0.4 is 5.32 Å². The smallest absolute Gasteiger partial charge is 0.314 e. The minimum Gasteiger partial charge on any atom is -0.314 e. The van der Waals surface area contributed by atoms with Crippen LogP contribution >= 0.6 is 11.3 Å². The minimum atomic E-state index is -0.208. The summed E-state index contributed by atoms with van der Waals surface area (Å²) in [5, 5.41) is 5.04. The van der Waals surface area contributed by atoms with Crippen LogP contribution in [0.25, 0.3) is 0 Å². The largest absolute Gasteiger partial charge is 0.324 e. The van der Waals surface area contributed by atoms with Gasteiger partial charge in [0, 0.05) is 18.1 Å². The second-order valence-corrected chi connectivity index (χ2v) is 3.38. The third-order valence-electron chi connectivity index (χ3n) is 1.60. The van der Waals surface area contributed by atoms with Crippen LogP contribution in [-0.4, -0.2) is 29.0 Å². The summed E-state index contributed by atoms with van der Waals surface area (Å²) in [5.74, 6) is 2.43. The molecule has 1 N–H and O–H groups in total. The first-order chi connectivity index (χ1) is 6.77. The van der Waals surface area contributed by atoms with E-state index >= 15 is 0 Å². The molecule has 1 heterocycles. The van der Waals surface area contributed by atoms with Gasteiger partial charge in [-0.1, -0.05) is 5.92 Å². The van der Waals surface area contributed by atoms with Crippen molar-refractivity contribution in [2.75, 3.05) is 18.4 Å². The Kier molecular flexibility index (Phi) is 3.95. The normalized spacial score (nSPS) is 9.14. The van der Waals surface area contributed by atoms with Crippen molar-refractivity contribution >= 4 is 22.5 Å². The van der Waals surface area contributed by atoms with Crippen LogP contribution in [0.2, 0.25) is 0 Å². The Morgan fingerprint density at radius 1 is 1.86 bits per heavy atom. The van der Waals surface area contributed by atoms with Crippen LogP contribution in [0.1, 0.15) is 6.92 Å². The number of terminal acetylenes is 1. The number of nitrogens with one attached hydrogen (secondary N) is 1. The highest BCUT2D eigenvalue weighted by Crippen LogP contribution is 2.10. The molecule has 5 heteroatoms. The van der Waals surface area contributed by atoms with Crippen LogP contribution in [-0.2, 0) is 0 Å². The molecule has 0 atom stereocenters. The summed E-state index contributed by atoms with van der Waals surface area (Å²) in [6, 6.07) is -0.208. The molecule has 74 valence electrons. The van der Waals surface area contributed by atoms with Crippen molar-refractivity contribution in [2.45, 2.75) is 6.92 Å². The van der Waals surface area contributed by atoms with E-state index in [1.807, 2.05) is 6.92 Å². The molecule has 14 heavy (non-hydrogen) atoms. The van der Waals surface area contributed by atoms with Gasteiger partial charge >= 0.3 is 6.03 Å². The number of nitrogens with zero attached hydrogens (tertiary/aromatic N) is 2. The predicted molar refractivity (Wildman–Crippen MR) is 57.2 cm³/mol. The molecule has 0 fully saturated rings. The van der Waals surface area contributed by atoms with Gasteiger partial charge in [0.1, 0.15) is 0 Å². The van der Waals surface area contributed by atoms with Crippen molar-refractivity contribution in [3.8, 4) is 12.3 Å². The van der Waals surface area contributed by atoms with E-state index in [0.29, 0.717) is 18.2 Å². The zero-order valence-corrected chi connectivity index (χ0v) is 8.67. The minimum absolute atomic E-state index is 0.208. The number of urea groups is 1. The number of hydrogen-bond donors (Lipinski definition) is 1. The van der Waals surface area contributed by atoms with Gasteiger partial charge in [0.2, 0.25) is 0 Å². The average molecular weight is 209 g/mol. The molecule has 1 aromatic heterocycles. The van der Waals surface area contributed by atoms with Crippen molar-refractivity contribution in [1.29, 1.82) is 0 Å². The van der Waals surface area contributed by atoms with E-state index in [-0.39, 0.29) is 6.03 Å². The third kappa shape index (κ3) is 2.75. The zero-order valence-electron chi connectivity index (χ0n) is 7.86. The maximum absolute atomic E-state index is 11.5.